The molecule has 0 radical (unpaired) electrons. The van der Waals surface area contributed by atoms with Crippen LogP contribution in [0.2, 0.25) is 0 Å². The van der Waals surface area contributed by atoms with E-state index in [1.807, 2.05) is 6.92 Å². The van der Waals surface area contributed by atoms with Crippen molar-refractivity contribution in [2.75, 3.05) is 12.8 Å². The monoisotopic (exact) mass is 292 g/mol. The summed E-state index contributed by atoms with van der Waals surface area (Å²) in [5.74, 6) is 0.124. The molecule has 1 atom stereocenters. The molecule has 0 heterocycles. The topological polar surface area (TPSA) is 55.1 Å². The van der Waals surface area contributed by atoms with Crippen LogP contribution in [0.1, 0.15) is 44.2 Å². The predicted octanol–water partition coefficient (Wildman–Crippen LogP) is 3.10. The van der Waals surface area contributed by atoms with Gasteiger partial charge in [0, 0.05) is 11.4 Å². The molecule has 0 saturated heterocycles. The van der Waals surface area contributed by atoms with Crippen molar-refractivity contribution in [1.82, 2.24) is 5.32 Å². The Bertz CT molecular complexity index is 452. The lowest BCUT2D eigenvalue weighted by molar-refractivity contribution is -0.131. The number of hydrogen-bond donors (Lipinski definition) is 2. The maximum absolute atomic E-state index is 12.5. The number of benzene rings is 1. The van der Waals surface area contributed by atoms with Gasteiger partial charge in [0.1, 0.15) is 0 Å². The van der Waals surface area contributed by atoms with Gasteiger partial charge in [0.15, 0.2) is 0 Å². The number of carbonyl (C=O) groups is 1. The third-order valence-corrected chi connectivity index (χ3v) is 5.14. The number of nitrogens with one attached hydrogen (secondary N) is 1. The fraction of sp³-hybridized carbons (Fsp3) is 0.562. The molecular formula is C16H24N2OS. The van der Waals surface area contributed by atoms with Crippen molar-refractivity contribution in [3.63, 3.8) is 0 Å². The van der Waals surface area contributed by atoms with Crippen LogP contribution in [0.5, 0.6) is 0 Å². The highest BCUT2D eigenvalue weighted by Crippen LogP contribution is 2.37. The lowest BCUT2D eigenvalue weighted by Gasteiger charge is -2.28. The van der Waals surface area contributed by atoms with E-state index in [2.05, 4.69) is 35.8 Å². The number of rotatable bonds is 5. The van der Waals surface area contributed by atoms with Crippen LogP contribution >= 0.6 is 11.8 Å². The first-order valence-electron chi connectivity index (χ1n) is 7.26. The minimum absolute atomic E-state index is 0.0300. The van der Waals surface area contributed by atoms with Gasteiger partial charge in [-0.3, -0.25) is 4.79 Å². The number of amides is 1. The van der Waals surface area contributed by atoms with Crippen molar-refractivity contribution in [2.45, 2.75) is 43.5 Å². The van der Waals surface area contributed by atoms with Gasteiger partial charge < -0.3 is 11.1 Å². The third-order valence-electron chi connectivity index (χ3n) is 4.40. The smallest absolute Gasteiger partial charge is 0.227 e. The number of hydrogen-bond acceptors (Lipinski definition) is 3. The van der Waals surface area contributed by atoms with E-state index in [0.29, 0.717) is 6.54 Å². The molecule has 4 heteroatoms. The van der Waals surface area contributed by atoms with E-state index in [1.54, 1.807) is 11.8 Å². The van der Waals surface area contributed by atoms with Crippen molar-refractivity contribution in [1.29, 1.82) is 0 Å². The molecular weight excluding hydrogens is 268 g/mol. The lowest BCUT2D eigenvalue weighted by Crippen LogP contribution is -2.44. The first-order valence-corrected chi connectivity index (χ1v) is 8.49. The van der Waals surface area contributed by atoms with E-state index in [-0.39, 0.29) is 17.4 Å². The molecule has 3 nitrogen and oxygen atoms in total. The Morgan fingerprint density at radius 1 is 1.35 bits per heavy atom. The van der Waals surface area contributed by atoms with Crippen LogP contribution in [0.25, 0.3) is 0 Å². The Hall–Kier alpha value is -1.00. The van der Waals surface area contributed by atoms with Crippen molar-refractivity contribution < 1.29 is 4.79 Å². The van der Waals surface area contributed by atoms with Crippen LogP contribution in [0, 0.1) is 5.41 Å². The molecule has 0 spiro atoms. The summed E-state index contributed by atoms with van der Waals surface area (Å²) in [6.07, 6.45) is 6.13. The zero-order valence-electron chi connectivity index (χ0n) is 12.3. The fourth-order valence-electron chi connectivity index (χ4n) is 2.90. The second-order valence-electron chi connectivity index (χ2n) is 5.66. The van der Waals surface area contributed by atoms with Crippen molar-refractivity contribution in [2.24, 2.45) is 11.1 Å². The summed E-state index contributed by atoms with van der Waals surface area (Å²) < 4.78 is 0. The highest BCUT2D eigenvalue weighted by Gasteiger charge is 2.40. The Morgan fingerprint density at radius 3 is 2.45 bits per heavy atom. The van der Waals surface area contributed by atoms with Gasteiger partial charge in [-0.2, -0.15) is 0 Å². The molecule has 0 aromatic heterocycles. The molecule has 1 fully saturated rings. The average Bonchev–Trinajstić information content (AvgIpc) is 2.97. The van der Waals surface area contributed by atoms with Crippen molar-refractivity contribution >= 4 is 17.7 Å². The van der Waals surface area contributed by atoms with E-state index >= 15 is 0 Å². The van der Waals surface area contributed by atoms with Gasteiger partial charge in [0.2, 0.25) is 5.91 Å². The summed E-state index contributed by atoms with van der Waals surface area (Å²) in [5, 5.41) is 3.14. The standard InChI is InChI=1S/C16H24N2OS/c1-12(13-5-7-14(20-2)8-6-13)18-15(19)16(11-17)9-3-4-10-16/h5-8,12H,3-4,9-11,17H2,1-2H3,(H,18,19). The zero-order chi connectivity index (χ0) is 14.6. The maximum atomic E-state index is 12.5. The van der Waals surface area contributed by atoms with Crippen LogP contribution in [0.4, 0.5) is 0 Å². The van der Waals surface area contributed by atoms with E-state index < -0.39 is 0 Å². The molecule has 2 rings (SSSR count). The average molecular weight is 292 g/mol. The molecule has 1 aliphatic carbocycles. The maximum Gasteiger partial charge on any atom is 0.227 e. The molecule has 3 N–H and O–H groups in total. The predicted molar refractivity (Wildman–Crippen MR) is 84.7 cm³/mol. The van der Waals surface area contributed by atoms with Crippen molar-refractivity contribution in [3.05, 3.63) is 29.8 Å². The Morgan fingerprint density at radius 2 is 1.95 bits per heavy atom. The summed E-state index contributed by atoms with van der Waals surface area (Å²) in [6.45, 7) is 2.49. The van der Waals surface area contributed by atoms with Crippen LogP contribution in [-0.2, 0) is 4.79 Å². The normalized spacial score (nSPS) is 18.8. The zero-order valence-corrected chi connectivity index (χ0v) is 13.1. The van der Waals surface area contributed by atoms with Crippen LogP contribution in [0.15, 0.2) is 29.2 Å². The molecule has 1 saturated carbocycles. The summed E-state index contributed by atoms with van der Waals surface area (Å²) in [4.78, 5) is 13.7. The van der Waals surface area contributed by atoms with E-state index in [0.717, 1.165) is 31.2 Å². The molecule has 0 bridgehead atoms. The molecule has 110 valence electrons. The Balaban J connectivity index is 2.02. The van der Waals surface area contributed by atoms with E-state index in [1.165, 1.54) is 4.90 Å². The first kappa shape index (κ1) is 15.4. The van der Waals surface area contributed by atoms with Crippen LogP contribution in [-0.4, -0.2) is 18.7 Å². The number of nitrogens with two attached hydrogens (primary N) is 1. The van der Waals surface area contributed by atoms with E-state index in [4.69, 9.17) is 5.73 Å². The number of thioether (sulfide) groups is 1. The fourth-order valence-corrected chi connectivity index (χ4v) is 3.31. The SMILES string of the molecule is CSc1ccc(C(C)NC(=O)C2(CN)CCCC2)cc1. The van der Waals surface area contributed by atoms with Gasteiger partial charge in [-0.15, -0.1) is 11.8 Å². The first-order chi connectivity index (χ1) is 9.61. The lowest BCUT2D eigenvalue weighted by atomic mass is 9.85. The molecule has 1 unspecified atom stereocenters. The second kappa shape index (κ2) is 6.64. The molecule has 1 aliphatic rings. The largest absolute Gasteiger partial charge is 0.349 e. The van der Waals surface area contributed by atoms with Crippen LogP contribution < -0.4 is 11.1 Å². The molecule has 1 aromatic rings. The minimum Gasteiger partial charge on any atom is -0.349 e. The van der Waals surface area contributed by atoms with Crippen molar-refractivity contribution in [3.8, 4) is 0 Å². The Kier molecular flexibility index (Phi) is 5.11. The molecule has 0 aliphatic heterocycles. The second-order valence-corrected chi connectivity index (χ2v) is 6.54. The van der Waals surface area contributed by atoms with Gasteiger partial charge >= 0.3 is 0 Å². The van der Waals surface area contributed by atoms with Gasteiger partial charge in [0.05, 0.1) is 11.5 Å². The van der Waals surface area contributed by atoms with Gasteiger partial charge in [-0.25, -0.2) is 0 Å². The Labute approximate surface area is 125 Å². The van der Waals surface area contributed by atoms with Gasteiger partial charge in [-0.1, -0.05) is 25.0 Å². The summed E-state index contributed by atoms with van der Waals surface area (Å²) in [5.41, 5.74) is 6.67. The summed E-state index contributed by atoms with van der Waals surface area (Å²) >= 11 is 1.72. The number of carbonyl (C=O) groups excluding carboxylic acids is 1. The van der Waals surface area contributed by atoms with E-state index in [9.17, 15) is 4.79 Å². The molecule has 20 heavy (non-hydrogen) atoms. The third kappa shape index (κ3) is 3.18. The highest BCUT2D eigenvalue weighted by molar-refractivity contribution is 7.98. The minimum atomic E-state index is -0.326. The summed E-state index contributed by atoms with van der Waals surface area (Å²) in [6, 6.07) is 8.39. The quantitative estimate of drug-likeness (QED) is 0.820. The van der Waals surface area contributed by atoms with Gasteiger partial charge in [0.25, 0.3) is 0 Å². The highest BCUT2D eigenvalue weighted by atomic mass is 32.2. The van der Waals surface area contributed by atoms with Gasteiger partial charge in [-0.05, 0) is 43.7 Å². The molecule has 1 aromatic carbocycles. The summed E-state index contributed by atoms with van der Waals surface area (Å²) in [7, 11) is 0. The molecule has 1 amide bonds. The van der Waals surface area contributed by atoms with Crippen LogP contribution in [0.3, 0.4) is 0 Å².